The Morgan fingerprint density at radius 1 is 1.00 bits per heavy atom. The molecule has 0 unspecified atom stereocenters. The highest BCUT2D eigenvalue weighted by Gasteiger charge is 2.50. The van der Waals surface area contributed by atoms with Crippen molar-refractivity contribution in [3.05, 3.63) is 53.2 Å². The quantitative estimate of drug-likeness (QED) is 0.285. The molecule has 12 nitrogen and oxygen atoms in total. The highest BCUT2D eigenvalue weighted by molar-refractivity contribution is 5.99. The normalized spacial score (nSPS) is 18.7. The summed E-state index contributed by atoms with van der Waals surface area (Å²) in [6.45, 7) is 3.02. The number of halogens is 1. The molecule has 3 N–H and O–H groups in total. The molecule has 206 valence electrons. The van der Waals surface area contributed by atoms with Crippen LogP contribution in [0.4, 0.5) is 4.39 Å². The fraction of sp³-hybridized carbons (Fsp3) is 0.480. The van der Waals surface area contributed by atoms with Crippen LogP contribution in [-0.2, 0) is 35.0 Å². The Kier molecular flexibility index (Phi) is 9.66. The number of aromatic nitrogens is 1. The lowest BCUT2D eigenvalue weighted by Crippen LogP contribution is -2.59. The minimum absolute atomic E-state index is 0.0273. The van der Waals surface area contributed by atoms with E-state index in [1.165, 1.54) is 44.6 Å². The average Bonchev–Trinajstić information content (AvgIpc) is 3.49. The van der Waals surface area contributed by atoms with Gasteiger partial charge in [0.2, 0.25) is 11.8 Å². The molecule has 1 saturated heterocycles. The van der Waals surface area contributed by atoms with Gasteiger partial charge in [-0.2, -0.15) is 0 Å². The zero-order valence-corrected chi connectivity index (χ0v) is 21.5. The van der Waals surface area contributed by atoms with E-state index in [1.54, 1.807) is 13.8 Å². The number of nitrogens with one attached hydrogen (secondary N) is 3. The Labute approximate surface area is 218 Å². The zero-order valence-electron chi connectivity index (χ0n) is 21.5. The smallest absolute Gasteiger partial charge is 0.274 e. The summed E-state index contributed by atoms with van der Waals surface area (Å²) in [6.07, 6.45) is 0.0803. The molecule has 2 heterocycles. The summed E-state index contributed by atoms with van der Waals surface area (Å²) in [6, 6.07) is 3.55. The summed E-state index contributed by atoms with van der Waals surface area (Å²) < 4.78 is 33.6. The van der Waals surface area contributed by atoms with Gasteiger partial charge in [0.25, 0.3) is 5.91 Å². The van der Waals surface area contributed by atoms with Crippen molar-refractivity contribution in [3.8, 4) is 0 Å². The van der Waals surface area contributed by atoms with Crippen molar-refractivity contribution in [2.75, 3.05) is 34.0 Å². The standard InChI is InChI=1S/C25H31FN4O8/c1-14-9-18(30-38-14)22(32)28-20(12-36-4)24(34)29-19(11-35-3)23(33)27-17(21(31)25(2)13-37-25)10-15-5-7-16(26)8-6-15/h5-9,17,19-20H,10-13H2,1-4H3,(H,27,33)(H,28,32)(H,29,34)/t17-,19-,20-,25+/m0/s1. The first-order valence-corrected chi connectivity index (χ1v) is 11.8. The second-order valence-corrected chi connectivity index (χ2v) is 9.10. The van der Waals surface area contributed by atoms with Crippen molar-refractivity contribution < 1.29 is 42.3 Å². The van der Waals surface area contributed by atoms with Crippen LogP contribution in [0.15, 0.2) is 34.9 Å². The van der Waals surface area contributed by atoms with Gasteiger partial charge in [-0.15, -0.1) is 0 Å². The Morgan fingerprint density at radius 2 is 1.55 bits per heavy atom. The molecule has 3 amide bonds. The van der Waals surface area contributed by atoms with Gasteiger partial charge >= 0.3 is 0 Å². The molecule has 1 aromatic carbocycles. The molecule has 0 bridgehead atoms. The van der Waals surface area contributed by atoms with E-state index in [-0.39, 0.29) is 37.7 Å². The molecule has 0 aliphatic carbocycles. The van der Waals surface area contributed by atoms with E-state index in [1.807, 2.05) is 0 Å². The first-order valence-electron chi connectivity index (χ1n) is 11.8. The maximum absolute atomic E-state index is 13.3. The number of rotatable bonds is 14. The Morgan fingerprint density at radius 3 is 2.05 bits per heavy atom. The van der Waals surface area contributed by atoms with Gasteiger partial charge in [0.1, 0.15) is 29.3 Å². The molecule has 1 aliphatic rings. The summed E-state index contributed by atoms with van der Waals surface area (Å²) in [5.41, 5.74) is -0.446. The zero-order chi connectivity index (χ0) is 27.9. The summed E-state index contributed by atoms with van der Waals surface area (Å²) in [5.74, 6) is -2.47. The van der Waals surface area contributed by atoms with E-state index >= 15 is 0 Å². The number of hydrogen-bond donors (Lipinski definition) is 3. The Hall–Kier alpha value is -3.68. The maximum Gasteiger partial charge on any atom is 0.274 e. The van der Waals surface area contributed by atoms with Crippen LogP contribution in [0.25, 0.3) is 0 Å². The number of carbonyl (C=O) groups is 4. The maximum atomic E-state index is 13.3. The molecule has 38 heavy (non-hydrogen) atoms. The predicted molar refractivity (Wildman–Crippen MR) is 130 cm³/mol. The van der Waals surface area contributed by atoms with Crippen LogP contribution < -0.4 is 16.0 Å². The number of epoxide rings is 1. The first-order chi connectivity index (χ1) is 18.1. The highest BCUT2D eigenvalue weighted by Crippen LogP contribution is 2.29. The third kappa shape index (κ3) is 7.66. The number of ketones is 1. The van der Waals surface area contributed by atoms with Crippen molar-refractivity contribution in [3.63, 3.8) is 0 Å². The number of benzene rings is 1. The van der Waals surface area contributed by atoms with Crippen molar-refractivity contribution in [1.82, 2.24) is 21.1 Å². The van der Waals surface area contributed by atoms with Gasteiger partial charge in [-0.05, 0) is 38.0 Å². The largest absolute Gasteiger partial charge is 0.382 e. The lowest BCUT2D eigenvalue weighted by Gasteiger charge is -2.25. The van der Waals surface area contributed by atoms with Crippen molar-refractivity contribution in [1.29, 1.82) is 0 Å². The van der Waals surface area contributed by atoms with Crippen LogP contribution in [0, 0.1) is 12.7 Å². The van der Waals surface area contributed by atoms with Gasteiger partial charge < -0.3 is 34.7 Å². The molecule has 0 spiro atoms. The molecular formula is C25H31FN4O8. The van der Waals surface area contributed by atoms with E-state index in [4.69, 9.17) is 18.7 Å². The molecule has 2 aromatic rings. The summed E-state index contributed by atoms with van der Waals surface area (Å²) in [7, 11) is 2.69. The second-order valence-electron chi connectivity index (χ2n) is 9.10. The van der Waals surface area contributed by atoms with Crippen molar-refractivity contribution in [2.45, 2.75) is 44.0 Å². The lowest BCUT2D eigenvalue weighted by atomic mass is 9.94. The molecule has 13 heteroatoms. The van der Waals surface area contributed by atoms with Gasteiger partial charge in [-0.25, -0.2) is 4.39 Å². The second kappa shape index (κ2) is 12.7. The van der Waals surface area contributed by atoms with Crippen LogP contribution >= 0.6 is 0 Å². The third-order valence-corrected chi connectivity index (χ3v) is 5.87. The molecule has 1 aromatic heterocycles. The fourth-order valence-corrected chi connectivity index (χ4v) is 3.63. The van der Waals surface area contributed by atoms with Crippen molar-refractivity contribution in [2.24, 2.45) is 0 Å². The van der Waals surface area contributed by atoms with Gasteiger partial charge in [0.05, 0.1) is 25.9 Å². The number of Topliss-reactive ketones (excluding diaryl/α,β-unsaturated/α-hetero) is 1. The number of methoxy groups -OCH3 is 2. The van der Waals surface area contributed by atoms with Gasteiger partial charge in [-0.1, -0.05) is 17.3 Å². The number of hydrogen-bond acceptors (Lipinski definition) is 9. The topological polar surface area (TPSA) is 161 Å². The fourth-order valence-electron chi connectivity index (χ4n) is 3.63. The van der Waals surface area contributed by atoms with E-state index in [2.05, 4.69) is 21.1 Å². The molecule has 1 aliphatic heterocycles. The molecule has 0 saturated carbocycles. The third-order valence-electron chi connectivity index (χ3n) is 5.87. The Bertz CT molecular complexity index is 1150. The number of aryl methyl sites for hydroxylation is 1. The minimum Gasteiger partial charge on any atom is -0.382 e. The molecule has 3 rings (SSSR count). The van der Waals surface area contributed by atoms with E-state index in [0.29, 0.717) is 11.3 Å². The van der Waals surface area contributed by atoms with Crippen LogP contribution in [0.1, 0.15) is 28.7 Å². The first kappa shape index (κ1) is 28.9. The van der Waals surface area contributed by atoms with E-state index in [9.17, 15) is 23.6 Å². The van der Waals surface area contributed by atoms with Crippen LogP contribution in [0.2, 0.25) is 0 Å². The molecular weight excluding hydrogens is 503 g/mol. The number of nitrogens with zero attached hydrogens (tertiary/aromatic N) is 1. The monoisotopic (exact) mass is 534 g/mol. The number of amides is 3. The number of carbonyl (C=O) groups excluding carboxylic acids is 4. The predicted octanol–water partition coefficient (Wildman–Crippen LogP) is 0.0836. The van der Waals surface area contributed by atoms with Gasteiger partial charge in [-0.3, -0.25) is 19.2 Å². The van der Waals surface area contributed by atoms with E-state index < -0.39 is 47.3 Å². The summed E-state index contributed by atoms with van der Waals surface area (Å²) in [4.78, 5) is 51.7. The molecule has 1 fully saturated rings. The lowest BCUT2D eigenvalue weighted by molar-refractivity contribution is -0.134. The van der Waals surface area contributed by atoms with Gasteiger partial charge in [0.15, 0.2) is 11.5 Å². The number of ether oxygens (including phenoxy) is 3. The van der Waals surface area contributed by atoms with E-state index in [0.717, 1.165) is 0 Å². The minimum atomic E-state index is -1.21. The molecule has 0 radical (unpaired) electrons. The summed E-state index contributed by atoms with van der Waals surface area (Å²) >= 11 is 0. The van der Waals surface area contributed by atoms with Crippen LogP contribution in [-0.4, -0.2) is 86.4 Å². The van der Waals surface area contributed by atoms with Gasteiger partial charge in [0, 0.05) is 20.3 Å². The Balaban J connectivity index is 1.71. The highest BCUT2D eigenvalue weighted by atomic mass is 19.1. The van der Waals surface area contributed by atoms with Crippen molar-refractivity contribution >= 4 is 23.5 Å². The van der Waals surface area contributed by atoms with Crippen LogP contribution in [0.5, 0.6) is 0 Å². The molecule has 4 atom stereocenters. The summed E-state index contributed by atoms with van der Waals surface area (Å²) in [5, 5.41) is 11.3. The van der Waals surface area contributed by atoms with Crippen LogP contribution in [0.3, 0.4) is 0 Å². The SMILES string of the molecule is COC[C@H](NC(=O)c1cc(C)on1)C(=O)N[C@@H](COC)C(=O)N[C@@H](Cc1ccc(F)cc1)C(=O)[C@@]1(C)CO1. The average molecular weight is 535 g/mol.